The summed E-state index contributed by atoms with van der Waals surface area (Å²) in [5.41, 5.74) is 3.33. The SMILES string of the molecule is CCCCNC(=O)C(C)N(Cc1ccccc1C)C(=O)CCc1ccccc1. The molecule has 4 heteroatoms. The number of aryl methyl sites for hydroxylation is 2. The van der Waals surface area contributed by atoms with Crippen LogP contribution in [0.5, 0.6) is 0 Å². The van der Waals surface area contributed by atoms with E-state index in [0.29, 0.717) is 25.9 Å². The zero-order valence-electron chi connectivity index (χ0n) is 17.3. The minimum Gasteiger partial charge on any atom is -0.354 e. The second kappa shape index (κ2) is 11.3. The topological polar surface area (TPSA) is 49.4 Å². The van der Waals surface area contributed by atoms with E-state index >= 15 is 0 Å². The van der Waals surface area contributed by atoms with Gasteiger partial charge in [-0.3, -0.25) is 9.59 Å². The molecule has 0 radical (unpaired) electrons. The van der Waals surface area contributed by atoms with Crippen LogP contribution in [0.4, 0.5) is 0 Å². The maximum atomic E-state index is 13.1. The molecule has 0 bridgehead atoms. The van der Waals surface area contributed by atoms with E-state index in [1.165, 1.54) is 0 Å². The van der Waals surface area contributed by atoms with Crippen molar-refractivity contribution in [3.05, 3.63) is 71.3 Å². The van der Waals surface area contributed by atoms with Gasteiger partial charge in [0.25, 0.3) is 0 Å². The molecule has 0 aliphatic carbocycles. The summed E-state index contributed by atoms with van der Waals surface area (Å²) in [5.74, 6) is -0.0830. The highest BCUT2D eigenvalue weighted by Crippen LogP contribution is 2.15. The number of nitrogens with one attached hydrogen (secondary N) is 1. The van der Waals surface area contributed by atoms with Crippen LogP contribution in [-0.4, -0.2) is 29.3 Å². The van der Waals surface area contributed by atoms with Crippen LogP contribution < -0.4 is 5.32 Å². The summed E-state index contributed by atoms with van der Waals surface area (Å²) in [6.45, 7) is 7.04. The highest BCUT2D eigenvalue weighted by atomic mass is 16.2. The third-order valence-electron chi connectivity index (χ3n) is 5.07. The third kappa shape index (κ3) is 6.52. The molecule has 0 heterocycles. The Labute approximate surface area is 169 Å². The van der Waals surface area contributed by atoms with E-state index in [1.54, 1.807) is 4.90 Å². The van der Waals surface area contributed by atoms with Gasteiger partial charge in [-0.1, -0.05) is 67.9 Å². The van der Waals surface area contributed by atoms with Crippen LogP contribution in [0.2, 0.25) is 0 Å². The highest BCUT2D eigenvalue weighted by Gasteiger charge is 2.26. The van der Waals surface area contributed by atoms with Crippen molar-refractivity contribution in [2.45, 2.75) is 59.0 Å². The number of nitrogens with zero attached hydrogens (tertiary/aromatic N) is 1. The monoisotopic (exact) mass is 380 g/mol. The predicted molar refractivity (Wildman–Crippen MR) is 114 cm³/mol. The van der Waals surface area contributed by atoms with E-state index < -0.39 is 6.04 Å². The maximum Gasteiger partial charge on any atom is 0.242 e. The average molecular weight is 381 g/mol. The summed E-state index contributed by atoms with van der Waals surface area (Å²) in [5, 5.41) is 2.96. The number of benzene rings is 2. The van der Waals surface area contributed by atoms with Gasteiger partial charge >= 0.3 is 0 Å². The lowest BCUT2D eigenvalue weighted by molar-refractivity contribution is -0.140. The summed E-state index contributed by atoms with van der Waals surface area (Å²) in [6.07, 6.45) is 3.03. The van der Waals surface area contributed by atoms with Crippen LogP contribution in [0.15, 0.2) is 54.6 Å². The Kier molecular flexibility index (Phi) is 8.73. The van der Waals surface area contributed by atoms with Gasteiger partial charge in [-0.2, -0.15) is 0 Å². The number of amides is 2. The Morgan fingerprint density at radius 3 is 2.39 bits per heavy atom. The summed E-state index contributed by atoms with van der Waals surface area (Å²) in [6, 6.07) is 17.5. The van der Waals surface area contributed by atoms with Gasteiger partial charge in [-0.25, -0.2) is 0 Å². The molecule has 0 saturated carbocycles. The minimum absolute atomic E-state index is 0.00486. The van der Waals surface area contributed by atoms with Crippen LogP contribution in [0, 0.1) is 6.92 Å². The Bertz CT molecular complexity index is 758. The van der Waals surface area contributed by atoms with Crippen molar-refractivity contribution in [1.82, 2.24) is 10.2 Å². The Balaban J connectivity index is 2.11. The standard InChI is InChI=1S/C24H32N2O2/c1-4-5-17-25-24(28)20(3)26(18-22-14-10-9-11-19(22)2)23(27)16-15-21-12-7-6-8-13-21/h6-14,20H,4-5,15-18H2,1-3H3,(H,25,28). The van der Waals surface area contributed by atoms with E-state index in [-0.39, 0.29) is 11.8 Å². The second-order valence-corrected chi connectivity index (χ2v) is 7.25. The Morgan fingerprint density at radius 2 is 1.71 bits per heavy atom. The van der Waals surface area contributed by atoms with Crippen LogP contribution in [0.1, 0.15) is 49.8 Å². The van der Waals surface area contributed by atoms with Gasteiger partial charge in [0.05, 0.1) is 0 Å². The first-order chi connectivity index (χ1) is 13.5. The third-order valence-corrected chi connectivity index (χ3v) is 5.07. The number of rotatable bonds is 10. The van der Waals surface area contributed by atoms with Crippen molar-refractivity contribution in [1.29, 1.82) is 0 Å². The molecule has 2 aromatic carbocycles. The molecule has 28 heavy (non-hydrogen) atoms. The number of carbonyl (C=O) groups excluding carboxylic acids is 2. The molecule has 2 aromatic rings. The normalized spacial score (nSPS) is 11.7. The maximum absolute atomic E-state index is 13.1. The van der Waals surface area contributed by atoms with Gasteiger partial charge in [0, 0.05) is 19.5 Å². The zero-order valence-corrected chi connectivity index (χ0v) is 17.3. The first-order valence-electron chi connectivity index (χ1n) is 10.2. The molecule has 1 unspecified atom stereocenters. The first-order valence-corrected chi connectivity index (χ1v) is 10.2. The molecule has 0 aliphatic rings. The van der Waals surface area contributed by atoms with Crippen LogP contribution in [0.25, 0.3) is 0 Å². The van der Waals surface area contributed by atoms with Gasteiger partial charge in [0.1, 0.15) is 6.04 Å². The van der Waals surface area contributed by atoms with Gasteiger partial charge in [-0.05, 0) is 43.4 Å². The molecule has 2 rings (SSSR count). The molecular formula is C24H32N2O2. The summed E-state index contributed by atoms with van der Waals surface area (Å²) >= 11 is 0. The van der Waals surface area contributed by atoms with Crippen molar-refractivity contribution in [2.24, 2.45) is 0 Å². The van der Waals surface area contributed by atoms with Crippen molar-refractivity contribution in [3.63, 3.8) is 0 Å². The molecule has 2 amide bonds. The summed E-state index contributed by atoms with van der Waals surface area (Å²) in [7, 11) is 0. The van der Waals surface area contributed by atoms with Crippen molar-refractivity contribution >= 4 is 11.8 Å². The molecule has 150 valence electrons. The van der Waals surface area contributed by atoms with Crippen LogP contribution in [0.3, 0.4) is 0 Å². The largest absolute Gasteiger partial charge is 0.354 e. The zero-order chi connectivity index (χ0) is 20.4. The van der Waals surface area contributed by atoms with E-state index in [4.69, 9.17) is 0 Å². The molecule has 0 aliphatic heterocycles. The number of hydrogen-bond acceptors (Lipinski definition) is 2. The quantitative estimate of drug-likeness (QED) is 0.626. The van der Waals surface area contributed by atoms with Gasteiger partial charge in [0.15, 0.2) is 0 Å². The Morgan fingerprint density at radius 1 is 1.04 bits per heavy atom. The van der Waals surface area contributed by atoms with E-state index in [2.05, 4.69) is 12.2 Å². The van der Waals surface area contributed by atoms with Crippen molar-refractivity contribution in [3.8, 4) is 0 Å². The molecule has 0 fully saturated rings. The van der Waals surface area contributed by atoms with Crippen molar-refractivity contribution < 1.29 is 9.59 Å². The van der Waals surface area contributed by atoms with Gasteiger partial charge in [-0.15, -0.1) is 0 Å². The van der Waals surface area contributed by atoms with Crippen LogP contribution in [-0.2, 0) is 22.6 Å². The molecule has 1 atom stereocenters. The van der Waals surface area contributed by atoms with Crippen LogP contribution >= 0.6 is 0 Å². The number of unbranched alkanes of at least 4 members (excludes halogenated alkanes) is 1. The molecule has 4 nitrogen and oxygen atoms in total. The fourth-order valence-electron chi connectivity index (χ4n) is 3.13. The summed E-state index contributed by atoms with van der Waals surface area (Å²) < 4.78 is 0. The van der Waals surface area contributed by atoms with E-state index in [9.17, 15) is 9.59 Å². The van der Waals surface area contributed by atoms with Crippen molar-refractivity contribution in [2.75, 3.05) is 6.54 Å². The van der Waals surface area contributed by atoms with Gasteiger partial charge < -0.3 is 10.2 Å². The first kappa shape index (κ1) is 21.7. The lowest BCUT2D eigenvalue weighted by atomic mass is 10.1. The lowest BCUT2D eigenvalue weighted by Gasteiger charge is -2.29. The fraction of sp³-hybridized carbons (Fsp3) is 0.417. The fourth-order valence-corrected chi connectivity index (χ4v) is 3.13. The summed E-state index contributed by atoms with van der Waals surface area (Å²) in [4.78, 5) is 27.4. The molecule has 1 N–H and O–H groups in total. The van der Waals surface area contributed by atoms with E-state index in [1.807, 2.05) is 68.4 Å². The van der Waals surface area contributed by atoms with E-state index in [0.717, 1.165) is 29.5 Å². The van der Waals surface area contributed by atoms with Gasteiger partial charge in [0.2, 0.25) is 11.8 Å². The molecular weight excluding hydrogens is 348 g/mol. The molecule has 0 saturated heterocycles. The highest BCUT2D eigenvalue weighted by molar-refractivity contribution is 5.87. The molecule has 0 spiro atoms. The predicted octanol–water partition coefficient (Wildman–Crippen LogP) is 4.26. The smallest absolute Gasteiger partial charge is 0.242 e. The minimum atomic E-state index is -0.500. The lowest BCUT2D eigenvalue weighted by Crippen LogP contribution is -2.48. The number of carbonyl (C=O) groups is 2. The average Bonchev–Trinajstić information content (AvgIpc) is 2.71. The Hall–Kier alpha value is -2.62. The number of hydrogen-bond donors (Lipinski definition) is 1. The molecule has 0 aromatic heterocycles. The second-order valence-electron chi connectivity index (χ2n) is 7.25.